The molecule has 0 aromatic carbocycles. The Hall–Kier alpha value is 1.53. The van der Waals surface area contributed by atoms with Crippen LogP contribution < -0.4 is 0 Å². The molecule has 0 aliphatic heterocycles. The Balaban J connectivity index is 0. The molecule has 1 radical (unpaired) electrons. The molecule has 0 aliphatic carbocycles. The van der Waals surface area contributed by atoms with E-state index in [0.717, 1.165) is 16.0 Å². The summed E-state index contributed by atoms with van der Waals surface area (Å²) in [6, 6.07) is 0. The Morgan fingerprint density at radius 3 is 1.29 bits per heavy atom. The number of alkyl halides is 3. The van der Waals surface area contributed by atoms with Gasteiger partial charge in [-0.15, -0.1) is 0 Å². The summed E-state index contributed by atoms with van der Waals surface area (Å²) in [6.07, 6.45) is 0. The Bertz CT molecular complexity index is 30.4. The minimum absolute atomic E-state index is 0.500. The molecule has 0 saturated heterocycles. The maximum absolute atomic E-state index is 10.3. The molecule has 0 amide bonds. The van der Waals surface area contributed by atoms with Crippen molar-refractivity contribution in [3.05, 3.63) is 0 Å². The molecular weight excluding hydrogens is 384 g/mol. The Kier molecular flexibility index (Phi) is 9.19. The zero-order chi connectivity index (χ0) is 6.50. The van der Waals surface area contributed by atoms with Gasteiger partial charge in [-0.3, -0.25) is 0 Å². The van der Waals surface area contributed by atoms with Crippen molar-refractivity contribution < 1.29 is 38.1 Å². The third-order valence-corrected chi connectivity index (χ3v) is 0. The zero-order valence-corrected chi connectivity index (χ0v) is 11.1. The fourth-order valence-corrected chi connectivity index (χ4v) is 0. The first-order chi connectivity index (χ1) is 3.00. The van der Waals surface area contributed by atoms with Gasteiger partial charge in [-0.2, -0.15) is 0 Å². The second kappa shape index (κ2) is 5.67. The number of hydrogen-bond acceptors (Lipinski definition) is 0. The molecule has 40 valence electrons. The Morgan fingerprint density at radius 1 is 1.29 bits per heavy atom. The molecule has 0 rings (SSSR count). The third kappa shape index (κ3) is 98.0. The number of hydrogen-bond donors (Lipinski definition) is 0. The number of halogens is 4. The topological polar surface area (TPSA) is 0 Å². The summed E-state index contributed by atoms with van der Waals surface area (Å²) in [5, 5.41) is -4.12. The van der Waals surface area contributed by atoms with Gasteiger partial charge in [-0.1, -0.05) is 0 Å². The van der Waals surface area contributed by atoms with Crippen molar-refractivity contribution in [3.8, 4) is 0 Å². The molecule has 0 aromatic heterocycles. The van der Waals surface area contributed by atoms with Gasteiger partial charge in [0, 0.05) is 0 Å². The summed E-state index contributed by atoms with van der Waals surface area (Å²) in [5.41, 5.74) is 0. The van der Waals surface area contributed by atoms with Gasteiger partial charge in [0.05, 0.1) is 0 Å². The third-order valence-electron chi connectivity index (χ3n) is 0. The maximum atomic E-state index is 10.3. The molecule has 7 heavy (non-hydrogen) atoms. The molecule has 0 N–H and O–H groups in total. The second-order valence-electron chi connectivity index (χ2n) is 0.446. The molecular formula is CClF3HgSe. The van der Waals surface area contributed by atoms with Crippen LogP contribution in [-0.2, 0) is 24.9 Å². The van der Waals surface area contributed by atoms with E-state index < -0.39 is 5.07 Å². The SMILES string of the molecule is FC(F)(F)[Se].[Cl][Hg]. The van der Waals surface area contributed by atoms with Crippen LogP contribution in [0.2, 0.25) is 0 Å². The minimum atomic E-state index is -4.12. The van der Waals surface area contributed by atoms with Crippen LogP contribution in [0.3, 0.4) is 0 Å². The van der Waals surface area contributed by atoms with E-state index in [0.29, 0.717) is 24.9 Å². The summed E-state index contributed by atoms with van der Waals surface area (Å²) < 4.78 is 30.9. The average Bonchev–Trinajstić information content (AvgIpc) is 1.36. The van der Waals surface area contributed by atoms with Crippen molar-refractivity contribution in [2.24, 2.45) is 0 Å². The van der Waals surface area contributed by atoms with E-state index in [1.807, 2.05) is 0 Å². The first-order valence-corrected chi connectivity index (χ1v) is 8.66. The number of rotatable bonds is 0. The van der Waals surface area contributed by atoms with Crippen LogP contribution in [0.5, 0.6) is 0 Å². The molecule has 0 spiro atoms. The molecule has 0 unspecified atom stereocenters. The molecule has 0 aromatic rings. The summed E-state index contributed by atoms with van der Waals surface area (Å²) in [7, 11) is 4.83. The molecule has 0 bridgehead atoms. The zero-order valence-electron chi connectivity index (χ0n) is 3.13. The second-order valence-corrected chi connectivity index (χ2v) is 1.42. The molecule has 0 fully saturated rings. The van der Waals surface area contributed by atoms with Gasteiger partial charge in [-0.05, 0) is 0 Å². The van der Waals surface area contributed by atoms with Gasteiger partial charge in [0.25, 0.3) is 0 Å². The van der Waals surface area contributed by atoms with Gasteiger partial charge < -0.3 is 0 Å². The first kappa shape index (κ1) is 11.3. The normalized spacial score (nSPS) is 9.57. The van der Waals surface area contributed by atoms with Crippen molar-refractivity contribution in [2.75, 3.05) is 0 Å². The van der Waals surface area contributed by atoms with E-state index in [1.54, 1.807) is 0 Å². The van der Waals surface area contributed by atoms with Crippen LogP contribution in [-0.4, -0.2) is 21.1 Å². The molecule has 0 saturated carbocycles. The monoisotopic (exact) mass is 386 g/mol. The van der Waals surface area contributed by atoms with Crippen LogP contribution in [0, 0.1) is 0 Å². The Morgan fingerprint density at radius 2 is 1.29 bits per heavy atom. The van der Waals surface area contributed by atoms with Crippen molar-refractivity contribution in [2.45, 2.75) is 5.07 Å². The average molecular weight is 384 g/mol. The summed E-state index contributed by atoms with van der Waals surface area (Å²) in [6.45, 7) is 0. The van der Waals surface area contributed by atoms with Crippen LogP contribution >= 0.6 is 8.25 Å². The van der Waals surface area contributed by atoms with Gasteiger partial charge in [-0.25, -0.2) is 0 Å². The van der Waals surface area contributed by atoms with Crippen LogP contribution in [0.25, 0.3) is 0 Å². The molecule has 0 nitrogen and oxygen atoms in total. The first-order valence-electron chi connectivity index (χ1n) is 1.04. The summed E-state index contributed by atoms with van der Waals surface area (Å²) in [4.78, 5) is 0. The molecule has 0 atom stereocenters. The van der Waals surface area contributed by atoms with E-state index in [-0.39, 0.29) is 0 Å². The molecule has 0 heterocycles. The van der Waals surface area contributed by atoms with Gasteiger partial charge in [0.1, 0.15) is 0 Å². The molecule has 6 heteroatoms. The van der Waals surface area contributed by atoms with Crippen LogP contribution in [0.15, 0.2) is 0 Å². The van der Waals surface area contributed by atoms with E-state index in [4.69, 9.17) is 8.25 Å². The fraction of sp³-hybridized carbons (Fsp3) is 1.00. The van der Waals surface area contributed by atoms with Gasteiger partial charge in [0.2, 0.25) is 0 Å². The van der Waals surface area contributed by atoms with E-state index in [1.165, 1.54) is 0 Å². The van der Waals surface area contributed by atoms with Crippen molar-refractivity contribution in [1.82, 2.24) is 0 Å². The Labute approximate surface area is 67.0 Å². The van der Waals surface area contributed by atoms with Gasteiger partial charge in [0.15, 0.2) is 0 Å². The predicted octanol–water partition coefficient (Wildman–Crippen LogP) is 1.36. The fourth-order valence-electron chi connectivity index (χ4n) is 0. The quantitative estimate of drug-likeness (QED) is 0.554. The van der Waals surface area contributed by atoms with E-state index in [9.17, 15) is 13.2 Å². The van der Waals surface area contributed by atoms with E-state index >= 15 is 0 Å². The van der Waals surface area contributed by atoms with Crippen LogP contribution in [0.1, 0.15) is 0 Å². The van der Waals surface area contributed by atoms with Gasteiger partial charge >= 0.3 is 67.4 Å². The van der Waals surface area contributed by atoms with Crippen molar-refractivity contribution in [1.29, 1.82) is 0 Å². The van der Waals surface area contributed by atoms with Crippen molar-refractivity contribution >= 4 is 24.3 Å². The summed E-state index contributed by atoms with van der Waals surface area (Å²) in [5.74, 6) is 0. The predicted molar refractivity (Wildman–Crippen MR) is 17.7 cm³/mol. The molecule has 0 aliphatic rings. The van der Waals surface area contributed by atoms with E-state index in [2.05, 4.69) is 0 Å². The van der Waals surface area contributed by atoms with Crippen LogP contribution in [0.4, 0.5) is 13.2 Å². The summed E-state index contributed by atoms with van der Waals surface area (Å²) >= 11 is 1.48. The van der Waals surface area contributed by atoms with Crippen molar-refractivity contribution in [3.63, 3.8) is 0 Å². The standard InChI is InChI=1S/CF3Se.ClH.Hg/c2-1(3,4)5;;/h;1H;/q;;+1/p-1.